The van der Waals surface area contributed by atoms with Crippen LogP contribution >= 0.6 is 0 Å². The molecule has 1 N–H and O–H groups in total. The van der Waals surface area contributed by atoms with E-state index in [0.29, 0.717) is 37.7 Å². The van der Waals surface area contributed by atoms with Crippen LogP contribution in [0.1, 0.15) is 17.5 Å². The van der Waals surface area contributed by atoms with E-state index in [0.717, 1.165) is 16.9 Å². The second kappa shape index (κ2) is 10.7. The van der Waals surface area contributed by atoms with Crippen LogP contribution in [0.15, 0.2) is 42.5 Å². The van der Waals surface area contributed by atoms with Crippen LogP contribution in [0.3, 0.4) is 0 Å². The van der Waals surface area contributed by atoms with Crippen molar-refractivity contribution in [3.63, 3.8) is 0 Å². The third kappa shape index (κ3) is 6.90. The zero-order chi connectivity index (χ0) is 19.5. The van der Waals surface area contributed by atoms with E-state index in [4.69, 9.17) is 19.5 Å². The Bertz CT molecular complexity index is 799. The monoisotopic (exact) mass is 368 g/mol. The molecule has 0 aromatic heterocycles. The number of methoxy groups -OCH3 is 1. The number of hydrogen-bond acceptors (Lipinski definition) is 5. The molecule has 2 aromatic rings. The van der Waals surface area contributed by atoms with E-state index in [2.05, 4.69) is 5.32 Å². The van der Waals surface area contributed by atoms with Gasteiger partial charge in [-0.2, -0.15) is 5.26 Å². The molecule has 6 heteroatoms. The fraction of sp³-hybridized carbons (Fsp3) is 0.333. The quantitative estimate of drug-likeness (QED) is 0.652. The molecule has 2 rings (SSSR count). The van der Waals surface area contributed by atoms with Gasteiger partial charge in [-0.25, -0.2) is 0 Å². The molecule has 0 fully saturated rings. The molecule has 1 amide bonds. The van der Waals surface area contributed by atoms with E-state index in [-0.39, 0.29) is 12.3 Å². The van der Waals surface area contributed by atoms with E-state index >= 15 is 0 Å². The summed E-state index contributed by atoms with van der Waals surface area (Å²) >= 11 is 0. The lowest BCUT2D eigenvalue weighted by Crippen LogP contribution is -2.24. The Hall–Kier alpha value is -3.20. The molecule has 0 radical (unpaired) electrons. The van der Waals surface area contributed by atoms with Gasteiger partial charge in [-0.15, -0.1) is 0 Å². The van der Waals surface area contributed by atoms with E-state index in [1.165, 1.54) is 0 Å². The van der Waals surface area contributed by atoms with Gasteiger partial charge >= 0.3 is 0 Å². The van der Waals surface area contributed by atoms with Crippen molar-refractivity contribution in [3.05, 3.63) is 53.6 Å². The van der Waals surface area contributed by atoms with Crippen molar-refractivity contribution >= 4 is 5.91 Å². The highest BCUT2D eigenvalue weighted by atomic mass is 16.5. The summed E-state index contributed by atoms with van der Waals surface area (Å²) < 4.78 is 16.8. The number of carbonyl (C=O) groups is 1. The van der Waals surface area contributed by atoms with Crippen LogP contribution in [0, 0.1) is 18.3 Å². The fourth-order valence-electron chi connectivity index (χ4n) is 2.49. The van der Waals surface area contributed by atoms with Crippen LogP contribution in [-0.4, -0.2) is 32.8 Å². The fourth-order valence-corrected chi connectivity index (χ4v) is 2.49. The lowest BCUT2D eigenvalue weighted by atomic mass is 10.1. The molecule has 6 nitrogen and oxygen atoms in total. The van der Waals surface area contributed by atoms with Crippen molar-refractivity contribution < 1.29 is 19.0 Å². The zero-order valence-corrected chi connectivity index (χ0v) is 15.7. The Kier molecular flexibility index (Phi) is 7.98. The van der Waals surface area contributed by atoms with Gasteiger partial charge in [0.05, 0.1) is 13.2 Å². The first-order valence-electron chi connectivity index (χ1n) is 8.75. The first kappa shape index (κ1) is 20.1. The van der Waals surface area contributed by atoms with Crippen LogP contribution in [0.25, 0.3) is 0 Å². The number of nitrogens with one attached hydrogen (secondary N) is 1. The zero-order valence-electron chi connectivity index (χ0n) is 15.7. The molecule has 0 atom stereocenters. The Morgan fingerprint density at radius 1 is 1.11 bits per heavy atom. The SMILES string of the molecule is COc1ccc(CCNC(=O)CC#N)cc1OCCOc1cccc(C)c1. The smallest absolute Gasteiger partial charge is 0.234 e. The Morgan fingerprint density at radius 3 is 2.67 bits per heavy atom. The number of benzene rings is 2. The summed E-state index contributed by atoms with van der Waals surface area (Å²) in [6.07, 6.45) is 0.509. The summed E-state index contributed by atoms with van der Waals surface area (Å²) in [6.45, 7) is 3.28. The molecule has 0 aliphatic heterocycles. The van der Waals surface area contributed by atoms with E-state index in [1.807, 2.05) is 55.5 Å². The second-order valence-electron chi connectivity index (χ2n) is 5.93. The predicted octanol–water partition coefficient (Wildman–Crippen LogP) is 3.03. The van der Waals surface area contributed by atoms with Crippen molar-refractivity contribution in [1.82, 2.24) is 5.32 Å². The standard InChI is InChI=1S/C21H24N2O4/c1-16-4-3-5-18(14-16)26-12-13-27-20-15-17(6-7-19(20)25-2)9-11-23-21(24)8-10-22/h3-7,14-15H,8-9,11-13H2,1-2H3,(H,23,24). The first-order valence-corrected chi connectivity index (χ1v) is 8.75. The molecule has 2 aromatic carbocycles. The minimum absolute atomic E-state index is 0.127. The van der Waals surface area contributed by atoms with E-state index in [1.54, 1.807) is 7.11 Å². The van der Waals surface area contributed by atoms with Gasteiger partial charge in [0, 0.05) is 6.54 Å². The normalized spacial score (nSPS) is 9.96. The maximum Gasteiger partial charge on any atom is 0.234 e. The van der Waals surface area contributed by atoms with Crippen LogP contribution in [0.5, 0.6) is 17.2 Å². The largest absolute Gasteiger partial charge is 0.493 e. The second-order valence-corrected chi connectivity index (χ2v) is 5.93. The molecule has 142 valence electrons. The summed E-state index contributed by atoms with van der Waals surface area (Å²) in [6, 6.07) is 15.3. The molecule has 0 saturated carbocycles. The van der Waals surface area contributed by atoms with Crippen LogP contribution in [0.4, 0.5) is 0 Å². The van der Waals surface area contributed by atoms with Crippen molar-refractivity contribution in [2.45, 2.75) is 19.8 Å². The third-order valence-electron chi connectivity index (χ3n) is 3.80. The van der Waals surface area contributed by atoms with Crippen molar-refractivity contribution in [2.24, 2.45) is 0 Å². The molecule has 27 heavy (non-hydrogen) atoms. The van der Waals surface area contributed by atoms with Gasteiger partial charge in [-0.1, -0.05) is 18.2 Å². The lowest BCUT2D eigenvalue weighted by Gasteiger charge is -2.13. The molecule has 0 heterocycles. The molecule has 0 aliphatic rings. The number of ether oxygens (including phenoxy) is 3. The highest BCUT2D eigenvalue weighted by Crippen LogP contribution is 2.28. The van der Waals surface area contributed by atoms with Gasteiger partial charge in [0.1, 0.15) is 25.4 Å². The summed E-state index contributed by atoms with van der Waals surface area (Å²) in [5, 5.41) is 11.2. The van der Waals surface area contributed by atoms with Crippen molar-refractivity contribution in [2.75, 3.05) is 26.9 Å². The number of nitriles is 1. The van der Waals surface area contributed by atoms with Gasteiger partial charge in [0.15, 0.2) is 11.5 Å². The number of carbonyl (C=O) groups excluding carboxylic acids is 1. The van der Waals surface area contributed by atoms with Crippen LogP contribution in [0.2, 0.25) is 0 Å². The molecule has 0 saturated heterocycles. The minimum atomic E-state index is -0.268. The Labute approximate surface area is 159 Å². The number of rotatable bonds is 10. The molecular formula is C21H24N2O4. The van der Waals surface area contributed by atoms with Crippen molar-refractivity contribution in [3.8, 4) is 23.3 Å². The van der Waals surface area contributed by atoms with Crippen molar-refractivity contribution in [1.29, 1.82) is 5.26 Å². The van der Waals surface area contributed by atoms with Gasteiger partial charge in [0.2, 0.25) is 5.91 Å². The maximum absolute atomic E-state index is 11.3. The van der Waals surface area contributed by atoms with Crippen LogP contribution < -0.4 is 19.5 Å². The average Bonchev–Trinajstić information content (AvgIpc) is 2.66. The maximum atomic E-state index is 11.3. The van der Waals surface area contributed by atoms with Gasteiger partial charge in [-0.05, 0) is 48.7 Å². The van der Waals surface area contributed by atoms with Gasteiger partial charge in [0.25, 0.3) is 0 Å². The molecule has 0 aliphatic carbocycles. The van der Waals surface area contributed by atoms with E-state index in [9.17, 15) is 4.79 Å². The molecule has 0 unspecified atom stereocenters. The Balaban J connectivity index is 1.85. The summed E-state index contributed by atoms with van der Waals surface area (Å²) in [5.41, 5.74) is 2.15. The summed E-state index contributed by atoms with van der Waals surface area (Å²) in [7, 11) is 1.59. The van der Waals surface area contributed by atoms with E-state index < -0.39 is 0 Å². The summed E-state index contributed by atoms with van der Waals surface area (Å²) in [5.74, 6) is 1.82. The Morgan fingerprint density at radius 2 is 1.93 bits per heavy atom. The number of aryl methyl sites for hydroxylation is 1. The van der Waals surface area contributed by atoms with Gasteiger partial charge in [-0.3, -0.25) is 4.79 Å². The first-order chi connectivity index (χ1) is 13.1. The number of nitrogens with zero attached hydrogens (tertiary/aromatic N) is 1. The highest BCUT2D eigenvalue weighted by molar-refractivity contribution is 5.77. The van der Waals surface area contributed by atoms with Crippen LogP contribution in [-0.2, 0) is 11.2 Å². The molecular weight excluding hydrogens is 344 g/mol. The highest BCUT2D eigenvalue weighted by Gasteiger charge is 2.07. The number of hydrogen-bond donors (Lipinski definition) is 1. The molecule has 0 bridgehead atoms. The lowest BCUT2D eigenvalue weighted by molar-refractivity contribution is -0.120. The van der Waals surface area contributed by atoms with Gasteiger partial charge < -0.3 is 19.5 Å². The average molecular weight is 368 g/mol. The summed E-state index contributed by atoms with van der Waals surface area (Å²) in [4.78, 5) is 11.3. The number of amides is 1. The molecule has 0 spiro atoms. The predicted molar refractivity (Wildman–Crippen MR) is 102 cm³/mol. The topological polar surface area (TPSA) is 80.6 Å². The minimum Gasteiger partial charge on any atom is -0.493 e. The third-order valence-corrected chi connectivity index (χ3v) is 3.80.